The maximum atomic E-state index is 14.5. The number of nitrogens with two attached hydrogens (primary N) is 1. The molecular formula is C18H15ClF4N4O2. The first-order valence-corrected chi connectivity index (χ1v) is 8.71. The summed E-state index contributed by atoms with van der Waals surface area (Å²) in [5, 5.41) is 2.69. The van der Waals surface area contributed by atoms with Gasteiger partial charge >= 0.3 is 6.18 Å². The van der Waals surface area contributed by atoms with Gasteiger partial charge in [0.1, 0.15) is 17.6 Å². The summed E-state index contributed by atoms with van der Waals surface area (Å²) in [4.78, 5) is 19.5. The molecule has 2 aromatic rings. The molecule has 0 unspecified atom stereocenters. The van der Waals surface area contributed by atoms with Crippen molar-refractivity contribution in [1.29, 1.82) is 0 Å². The Kier molecular flexibility index (Phi) is 5.40. The number of aliphatic imine (C=N–C) groups is 1. The van der Waals surface area contributed by atoms with Crippen LogP contribution in [0.5, 0.6) is 0 Å². The number of nitrogens with zero attached hydrogens (tertiary/aromatic N) is 2. The number of benzene rings is 1. The highest BCUT2D eigenvalue weighted by molar-refractivity contribution is 6.30. The van der Waals surface area contributed by atoms with E-state index in [-0.39, 0.29) is 11.4 Å². The minimum Gasteiger partial charge on any atom is -0.462 e. The van der Waals surface area contributed by atoms with Gasteiger partial charge in [-0.25, -0.2) is 14.4 Å². The fraction of sp³-hybridized carbons (Fsp3) is 0.278. The molecule has 2 heterocycles. The summed E-state index contributed by atoms with van der Waals surface area (Å²) in [6.45, 7) is 1.37. The predicted octanol–water partition coefficient (Wildman–Crippen LogP) is 4.01. The van der Waals surface area contributed by atoms with Gasteiger partial charge in [-0.3, -0.25) is 4.79 Å². The zero-order chi connectivity index (χ0) is 21.4. The Balaban J connectivity index is 2.02. The number of halogens is 5. The molecule has 0 fully saturated rings. The van der Waals surface area contributed by atoms with E-state index in [1.807, 2.05) is 0 Å². The Morgan fingerprint density at radius 3 is 2.66 bits per heavy atom. The molecule has 1 aliphatic rings. The van der Waals surface area contributed by atoms with Gasteiger partial charge in [-0.1, -0.05) is 11.6 Å². The molecule has 154 valence electrons. The van der Waals surface area contributed by atoms with Crippen molar-refractivity contribution in [2.24, 2.45) is 10.7 Å². The summed E-state index contributed by atoms with van der Waals surface area (Å²) in [6.07, 6.45) is -5.35. The van der Waals surface area contributed by atoms with Crippen LogP contribution in [0.3, 0.4) is 0 Å². The fourth-order valence-electron chi connectivity index (χ4n) is 3.05. The molecule has 0 aliphatic carbocycles. The van der Waals surface area contributed by atoms with Crippen molar-refractivity contribution in [2.45, 2.75) is 31.2 Å². The van der Waals surface area contributed by atoms with E-state index in [9.17, 15) is 22.4 Å². The molecule has 1 aromatic carbocycles. The smallest absolute Gasteiger partial charge is 0.418 e. The first kappa shape index (κ1) is 20.8. The van der Waals surface area contributed by atoms with Gasteiger partial charge in [-0.2, -0.15) is 13.2 Å². The van der Waals surface area contributed by atoms with Crippen molar-refractivity contribution in [1.82, 2.24) is 4.98 Å². The Labute approximate surface area is 167 Å². The minimum atomic E-state index is -4.96. The molecule has 2 atom stereocenters. The van der Waals surface area contributed by atoms with Crippen LogP contribution in [0.2, 0.25) is 5.02 Å². The number of alkyl halides is 3. The summed E-state index contributed by atoms with van der Waals surface area (Å²) in [5.41, 5.74) is 1.60. The standard InChI is InChI=1S/C18H15ClF4N4O2/c1-9-7-17(18(21,22)23,27-16(24)29-9)12-6-11(3-4-13(12)20)26-15(28)14-5-2-10(19)8-25-14/h2-6,8-9H,7H2,1H3,(H2,24,27)(H,26,28)/t9-,17-/m1/s1. The van der Waals surface area contributed by atoms with Gasteiger partial charge in [0.15, 0.2) is 5.54 Å². The lowest BCUT2D eigenvalue weighted by Gasteiger charge is -2.38. The average molecular weight is 431 g/mol. The molecule has 0 saturated carbocycles. The summed E-state index contributed by atoms with van der Waals surface area (Å²) in [7, 11) is 0. The van der Waals surface area contributed by atoms with Gasteiger partial charge in [-0.05, 0) is 37.3 Å². The molecule has 3 N–H and O–H groups in total. The van der Waals surface area contributed by atoms with Crippen molar-refractivity contribution >= 4 is 29.2 Å². The number of anilines is 1. The van der Waals surface area contributed by atoms with Crippen LogP contribution in [-0.4, -0.2) is 29.2 Å². The number of pyridine rings is 1. The summed E-state index contributed by atoms with van der Waals surface area (Å²) in [6, 6.07) is 4.90. The quantitative estimate of drug-likeness (QED) is 0.720. The van der Waals surface area contributed by atoms with E-state index < -0.39 is 47.5 Å². The largest absolute Gasteiger partial charge is 0.462 e. The summed E-state index contributed by atoms with van der Waals surface area (Å²) >= 11 is 5.71. The Bertz CT molecular complexity index is 965. The highest BCUT2D eigenvalue weighted by atomic mass is 35.5. The third-order valence-corrected chi connectivity index (χ3v) is 4.53. The molecule has 3 rings (SSSR count). The summed E-state index contributed by atoms with van der Waals surface area (Å²) < 4.78 is 61.5. The zero-order valence-electron chi connectivity index (χ0n) is 14.9. The lowest BCUT2D eigenvalue weighted by Crippen LogP contribution is -2.49. The number of amidine groups is 1. The van der Waals surface area contributed by atoms with Crippen LogP contribution in [0.4, 0.5) is 23.2 Å². The van der Waals surface area contributed by atoms with E-state index in [1.54, 1.807) is 0 Å². The number of nitrogens with one attached hydrogen (secondary N) is 1. The van der Waals surface area contributed by atoms with Crippen LogP contribution in [-0.2, 0) is 10.3 Å². The van der Waals surface area contributed by atoms with E-state index >= 15 is 0 Å². The number of hydrogen-bond acceptors (Lipinski definition) is 5. The van der Waals surface area contributed by atoms with Crippen molar-refractivity contribution in [3.63, 3.8) is 0 Å². The second kappa shape index (κ2) is 7.51. The maximum Gasteiger partial charge on any atom is 0.418 e. The number of aromatic nitrogens is 1. The van der Waals surface area contributed by atoms with Crippen molar-refractivity contribution in [3.05, 3.63) is 58.6 Å². The maximum absolute atomic E-state index is 14.5. The molecule has 0 radical (unpaired) electrons. The van der Waals surface area contributed by atoms with Crippen LogP contribution in [0.1, 0.15) is 29.4 Å². The topological polar surface area (TPSA) is 89.6 Å². The predicted molar refractivity (Wildman–Crippen MR) is 98.1 cm³/mol. The summed E-state index contributed by atoms with van der Waals surface area (Å²) in [5.74, 6) is -1.85. The second-order valence-electron chi connectivity index (χ2n) is 6.45. The Morgan fingerprint density at radius 2 is 2.07 bits per heavy atom. The van der Waals surface area contributed by atoms with Crippen molar-refractivity contribution < 1.29 is 27.1 Å². The van der Waals surface area contributed by atoms with E-state index in [4.69, 9.17) is 22.1 Å². The SMILES string of the molecule is C[C@@H]1C[C@@](c2cc(NC(=O)c3ccc(Cl)cn3)ccc2F)(C(F)(F)F)N=C(N)O1. The lowest BCUT2D eigenvalue weighted by atomic mass is 9.83. The third kappa shape index (κ3) is 4.12. The van der Waals surface area contributed by atoms with Gasteiger partial charge in [0, 0.05) is 23.9 Å². The number of hydrogen-bond donors (Lipinski definition) is 2. The van der Waals surface area contributed by atoms with Crippen LogP contribution in [0.15, 0.2) is 41.5 Å². The van der Waals surface area contributed by atoms with Crippen LogP contribution in [0.25, 0.3) is 0 Å². The van der Waals surface area contributed by atoms with E-state index in [0.717, 1.165) is 18.2 Å². The van der Waals surface area contributed by atoms with E-state index in [0.29, 0.717) is 5.02 Å². The first-order valence-electron chi connectivity index (χ1n) is 8.33. The van der Waals surface area contributed by atoms with E-state index in [1.165, 1.54) is 25.3 Å². The third-order valence-electron chi connectivity index (χ3n) is 4.30. The fourth-order valence-corrected chi connectivity index (χ4v) is 3.16. The molecule has 29 heavy (non-hydrogen) atoms. The molecular weight excluding hydrogens is 416 g/mol. The van der Waals surface area contributed by atoms with Gasteiger partial charge in [0.05, 0.1) is 5.02 Å². The molecule has 1 amide bonds. The van der Waals surface area contributed by atoms with Crippen LogP contribution < -0.4 is 11.1 Å². The highest BCUT2D eigenvalue weighted by Crippen LogP contribution is 2.49. The van der Waals surface area contributed by atoms with Crippen molar-refractivity contribution in [2.75, 3.05) is 5.32 Å². The number of carbonyl (C=O) groups excluding carboxylic acids is 1. The normalized spacial score (nSPS) is 21.9. The number of amides is 1. The number of rotatable bonds is 3. The molecule has 11 heteroatoms. The van der Waals surface area contributed by atoms with Gasteiger partial charge in [0.2, 0.25) is 0 Å². The molecule has 0 spiro atoms. The van der Waals surface area contributed by atoms with Crippen molar-refractivity contribution in [3.8, 4) is 0 Å². The molecule has 0 saturated heterocycles. The monoisotopic (exact) mass is 430 g/mol. The first-order chi connectivity index (χ1) is 13.5. The van der Waals surface area contributed by atoms with Gasteiger partial charge < -0.3 is 15.8 Å². The van der Waals surface area contributed by atoms with Gasteiger partial charge in [-0.15, -0.1) is 0 Å². The lowest BCUT2D eigenvalue weighted by molar-refractivity contribution is -0.200. The van der Waals surface area contributed by atoms with Crippen LogP contribution in [0, 0.1) is 5.82 Å². The molecule has 1 aromatic heterocycles. The zero-order valence-corrected chi connectivity index (χ0v) is 15.7. The number of ether oxygens (including phenoxy) is 1. The minimum absolute atomic E-state index is 0.0206. The Morgan fingerprint density at radius 1 is 1.34 bits per heavy atom. The molecule has 1 aliphatic heterocycles. The number of carbonyl (C=O) groups is 1. The Hall–Kier alpha value is -2.88. The van der Waals surface area contributed by atoms with Crippen LogP contribution >= 0.6 is 11.6 Å². The highest BCUT2D eigenvalue weighted by Gasteiger charge is 2.60. The van der Waals surface area contributed by atoms with E-state index in [2.05, 4.69) is 15.3 Å². The van der Waals surface area contributed by atoms with Gasteiger partial charge in [0.25, 0.3) is 11.9 Å². The second-order valence-corrected chi connectivity index (χ2v) is 6.89. The molecule has 0 bridgehead atoms. The average Bonchev–Trinajstić information content (AvgIpc) is 2.62. The molecule has 6 nitrogen and oxygen atoms in total.